The predicted molar refractivity (Wildman–Crippen MR) is 72.8 cm³/mol. The van der Waals surface area contributed by atoms with Gasteiger partial charge in [-0.15, -0.1) is 0 Å². The van der Waals surface area contributed by atoms with Gasteiger partial charge < -0.3 is 16.4 Å². The van der Waals surface area contributed by atoms with E-state index in [9.17, 15) is 4.79 Å². The largest absolute Gasteiger partial charge is 0.368 e. The summed E-state index contributed by atoms with van der Waals surface area (Å²) in [5.74, 6) is 0.244. The summed E-state index contributed by atoms with van der Waals surface area (Å²) in [6.07, 6.45) is 2.53. The van der Waals surface area contributed by atoms with E-state index < -0.39 is 0 Å². The molecule has 0 radical (unpaired) electrons. The SMILES string of the molecule is C=CC(=O)Nc1ccc(Nc2ncnc(N)n2)cc1. The Balaban J connectivity index is 2.06. The van der Waals surface area contributed by atoms with Gasteiger partial charge >= 0.3 is 0 Å². The number of hydrogen-bond acceptors (Lipinski definition) is 6. The van der Waals surface area contributed by atoms with Crippen molar-refractivity contribution in [2.75, 3.05) is 16.4 Å². The number of anilines is 4. The smallest absolute Gasteiger partial charge is 0.247 e. The highest BCUT2D eigenvalue weighted by molar-refractivity contribution is 5.98. The zero-order chi connectivity index (χ0) is 13.7. The second kappa shape index (κ2) is 5.58. The van der Waals surface area contributed by atoms with E-state index in [1.807, 2.05) is 0 Å². The third kappa shape index (κ3) is 3.50. The first-order valence-electron chi connectivity index (χ1n) is 5.42. The van der Waals surface area contributed by atoms with Crippen molar-refractivity contribution in [1.82, 2.24) is 15.0 Å². The number of amides is 1. The molecular formula is C12H12N6O. The molecule has 0 aliphatic heterocycles. The first kappa shape index (κ1) is 12.5. The maximum absolute atomic E-state index is 11.1. The van der Waals surface area contributed by atoms with Gasteiger partial charge in [0.15, 0.2) is 0 Å². The zero-order valence-electron chi connectivity index (χ0n) is 10.00. The number of carbonyl (C=O) groups is 1. The van der Waals surface area contributed by atoms with Crippen molar-refractivity contribution in [3.05, 3.63) is 43.2 Å². The molecule has 1 aromatic heterocycles. The van der Waals surface area contributed by atoms with Crippen LogP contribution in [0, 0.1) is 0 Å². The van der Waals surface area contributed by atoms with Gasteiger partial charge in [0, 0.05) is 11.4 Å². The molecule has 0 atom stereocenters. The van der Waals surface area contributed by atoms with Crippen LogP contribution in [0.3, 0.4) is 0 Å². The number of nitrogens with one attached hydrogen (secondary N) is 2. The topological polar surface area (TPSA) is 106 Å². The third-order valence-electron chi connectivity index (χ3n) is 2.18. The van der Waals surface area contributed by atoms with E-state index in [1.54, 1.807) is 24.3 Å². The van der Waals surface area contributed by atoms with Gasteiger partial charge in [0.25, 0.3) is 0 Å². The lowest BCUT2D eigenvalue weighted by Crippen LogP contribution is -2.07. The standard InChI is InChI=1S/C12H12N6O/c1-2-10(19)16-8-3-5-9(6-4-8)17-12-15-7-14-11(13)18-12/h2-7H,1H2,(H,16,19)(H3,13,14,15,17,18). The number of benzene rings is 1. The highest BCUT2D eigenvalue weighted by Gasteiger charge is 2.00. The zero-order valence-corrected chi connectivity index (χ0v) is 10.00. The minimum Gasteiger partial charge on any atom is -0.368 e. The molecule has 0 bridgehead atoms. The van der Waals surface area contributed by atoms with Gasteiger partial charge in [0.1, 0.15) is 6.33 Å². The van der Waals surface area contributed by atoms with Crippen LogP contribution in [-0.4, -0.2) is 20.9 Å². The Morgan fingerprint density at radius 1 is 1.21 bits per heavy atom. The summed E-state index contributed by atoms with van der Waals surface area (Å²) >= 11 is 0. The average molecular weight is 256 g/mol. The summed E-state index contributed by atoms with van der Waals surface area (Å²) in [7, 11) is 0. The first-order chi connectivity index (χ1) is 9.17. The molecule has 96 valence electrons. The van der Waals surface area contributed by atoms with E-state index in [4.69, 9.17) is 5.73 Å². The monoisotopic (exact) mass is 256 g/mol. The van der Waals surface area contributed by atoms with E-state index in [-0.39, 0.29) is 11.9 Å². The van der Waals surface area contributed by atoms with E-state index in [0.717, 1.165) is 5.69 Å². The van der Waals surface area contributed by atoms with Crippen LogP contribution in [-0.2, 0) is 4.79 Å². The molecule has 2 rings (SSSR count). The van der Waals surface area contributed by atoms with Crippen LogP contribution in [0.1, 0.15) is 0 Å². The Morgan fingerprint density at radius 3 is 2.53 bits per heavy atom. The number of nitrogens with zero attached hydrogens (tertiary/aromatic N) is 3. The molecule has 1 amide bonds. The number of rotatable bonds is 4. The van der Waals surface area contributed by atoms with Crippen molar-refractivity contribution in [2.24, 2.45) is 0 Å². The van der Waals surface area contributed by atoms with E-state index in [0.29, 0.717) is 11.6 Å². The van der Waals surface area contributed by atoms with Crippen molar-refractivity contribution in [1.29, 1.82) is 0 Å². The molecule has 4 N–H and O–H groups in total. The number of aromatic nitrogens is 3. The molecule has 0 aliphatic carbocycles. The first-order valence-corrected chi connectivity index (χ1v) is 5.42. The molecule has 0 saturated heterocycles. The normalized spacial score (nSPS) is 9.68. The fourth-order valence-electron chi connectivity index (χ4n) is 1.33. The maximum atomic E-state index is 11.1. The van der Waals surface area contributed by atoms with Crippen LogP contribution in [0.25, 0.3) is 0 Å². The Bertz CT molecular complexity index is 595. The summed E-state index contributed by atoms with van der Waals surface area (Å²) in [5.41, 5.74) is 6.89. The second-order valence-electron chi connectivity index (χ2n) is 3.56. The van der Waals surface area contributed by atoms with E-state index >= 15 is 0 Å². The lowest BCUT2D eigenvalue weighted by molar-refractivity contribution is -0.111. The fraction of sp³-hybridized carbons (Fsp3) is 0. The van der Waals surface area contributed by atoms with Gasteiger partial charge in [0.2, 0.25) is 17.8 Å². The molecule has 7 nitrogen and oxygen atoms in total. The molecule has 0 spiro atoms. The molecule has 0 fully saturated rings. The average Bonchev–Trinajstić information content (AvgIpc) is 2.41. The van der Waals surface area contributed by atoms with Gasteiger partial charge in [-0.1, -0.05) is 6.58 Å². The number of carbonyl (C=O) groups excluding carboxylic acids is 1. The van der Waals surface area contributed by atoms with Crippen LogP contribution in [0.2, 0.25) is 0 Å². The van der Waals surface area contributed by atoms with Crippen molar-refractivity contribution in [3.8, 4) is 0 Å². The molecular weight excluding hydrogens is 244 g/mol. The Morgan fingerprint density at radius 2 is 1.89 bits per heavy atom. The number of hydrogen-bond donors (Lipinski definition) is 3. The summed E-state index contributed by atoms with van der Waals surface area (Å²) in [5, 5.41) is 5.61. The van der Waals surface area contributed by atoms with Gasteiger partial charge in [-0.3, -0.25) is 4.79 Å². The lowest BCUT2D eigenvalue weighted by Gasteiger charge is -2.06. The van der Waals surface area contributed by atoms with E-state index in [2.05, 4.69) is 32.2 Å². The fourth-order valence-corrected chi connectivity index (χ4v) is 1.33. The van der Waals surface area contributed by atoms with Crippen LogP contribution >= 0.6 is 0 Å². The van der Waals surface area contributed by atoms with Crippen LogP contribution in [0.15, 0.2) is 43.2 Å². The Hall–Kier alpha value is -2.96. The van der Waals surface area contributed by atoms with Crippen LogP contribution in [0.5, 0.6) is 0 Å². The maximum Gasteiger partial charge on any atom is 0.247 e. The second-order valence-corrected chi connectivity index (χ2v) is 3.56. The number of nitrogens with two attached hydrogens (primary N) is 1. The van der Waals surface area contributed by atoms with Gasteiger partial charge in [-0.05, 0) is 30.3 Å². The minimum atomic E-state index is -0.258. The quantitative estimate of drug-likeness (QED) is 0.712. The van der Waals surface area contributed by atoms with Crippen molar-refractivity contribution >= 4 is 29.2 Å². The summed E-state index contributed by atoms with van der Waals surface area (Å²) in [6.45, 7) is 3.38. The molecule has 0 saturated carbocycles. The molecule has 0 aliphatic rings. The van der Waals surface area contributed by atoms with E-state index in [1.165, 1.54) is 12.4 Å². The molecule has 1 heterocycles. The van der Waals surface area contributed by atoms with Gasteiger partial charge in [0.05, 0.1) is 0 Å². The Labute approximate surface area is 109 Å². The molecule has 1 aromatic carbocycles. The molecule has 0 unspecified atom stereocenters. The highest BCUT2D eigenvalue weighted by atomic mass is 16.1. The summed E-state index contributed by atoms with van der Waals surface area (Å²) < 4.78 is 0. The van der Waals surface area contributed by atoms with Crippen molar-refractivity contribution in [2.45, 2.75) is 0 Å². The van der Waals surface area contributed by atoms with Crippen molar-refractivity contribution in [3.63, 3.8) is 0 Å². The van der Waals surface area contributed by atoms with Crippen molar-refractivity contribution < 1.29 is 4.79 Å². The van der Waals surface area contributed by atoms with Crippen LogP contribution in [0.4, 0.5) is 23.3 Å². The Kier molecular flexibility index (Phi) is 3.67. The number of nitrogen functional groups attached to an aromatic ring is 1. The highest BCUT2D eigenvalue weighted by Crippen LogP contribution is 2.16. The van der Waals surface area contributed by atoms with Crippen LogP contribution < -0.4 is 16.4 Å². The molecule has 19 heavy (non-hydrogen) atoms. The van der Waals surface area contributed by atoms with Gasteiger partial charge in [-0.25, -0.2) is 9.97 Å². The minimum absolute atomic E-state index is 0.146. The third-order valence-corrected chi connectivity index (χ3v) is 2.18. The van der Waals surface area contributed by atoms with Gasteiger partial charge in [-0.2, -0.15) is 4.98 Å². The summed E-state index contributed by atoms with van der Waals surface area (Å²) in [6, 6.07) is 7.04. The molecule has 2 aromatic rings. The predicted octanol–water partition coefficient (Wildman–Crippen LogP) is 1.32. The molecule has 7 heteroatoms. The lowest BCUT2D eigenvalue weighted by atomic mass is 10.3. The summed E-state index contributed by atoms with van der Waals surface area (Å²) in [4.78, 5) is 22.6.